The summed E-state index contributed by atoms with van der Waals surface area (Å²) in [7, 11) is 0. The predicted octanol–water partition coefficient (Wildman–Crippen LogP) is 0.213. The van der Waals surface area contributed by atoms with Crippen molar-refractivity contribution in [3.8, 4) is 0 Å². The standard InChI is InChI=1S/C8H6NO4.Ni/c9-13-8(12)6-3-1-2-5(4-6)7(10)11;/h2-4H,9H2,(H,10,11);/q-1;. The second kappa shape index (κ2) is 5.37. The fourth-order valence-electron chi connectivity index (χ4n) is 0.781. The van der Waals surface area contributed by atoms with Gasteiger partial charge in [-0.25, -0.2) is 0 Å². The van der Waals surface area contributed by atoms with Gasteiger partial charge in [0.1, 0.15) is 0 Å². The molecule has 6 heteroatoms. The molecule has 0 aromatic heterocycles. The zero-order valence-electron chi connectivity index (χ0n) is 6.80. The van der Waals surface area contributed by atoms with Gasteiger partial charge >= 0.3 is 5.97 Å². The number of carboxylic acids is 1. The number of carboxylic acid groups (broad SMARTS) is 1. The maximum absolute atomic E-state index is 10.8. The molecule has 0 spiro atoms. The van der Waals surface area contributed by atoms with E-state index in [4.69, 9.17) is 5.11 Å². The molecule has 0 radical (unpaired) electrons. The van der Waals surface area contributed by atoms with Crippen molar-refractivity contribution in [2.45, 2.75) is 0 Å². The van der Waals surface area contributed by atoms with Crippen LogP contribution in [-0.2, 0) is 21.3 Å². The van der Waals surface area contributed by atoms with Crippen molar-refractivity contribution in [3.05, 3.63) is 35.4 Å². The average molecular weight is 239 g/mol. The monoisotopic (exact) mass is 238 g/mol. The van der Waals surface area contributed by atoms with E-state index < -0.39 is 11.9 Å². The Morgan fingerprint density at radius 1 is 1.36 bits per heavy atom. The second-order valence-corrected chi connectivity index (χ2v) is 2.22. The first-order chi connectivity index (χ1) is 6.15. The molecule has 14 heavy (non-hydrogen) atoms. The van der Waals surface area contributed by atoms with Crippen molar-refractivity contribution in [1.29, 1.82) is 0 Å². The quantitative estimate of drug-likeness (QED) is 0.437. The van der Waals surface area contributed by atoms with Crippen molar-refractivity contribution >= 4 is 11.9 Å². The minimum atomic E-state index is -1.14. The molecule has 0 saturated heterocycles. The number of nitrogens with two attached hydrogens (primary N) is 1. The first-order valence-electron chi connectivity index (χ1n) is 3.30. The van der Waals surface area contributed by atoms with Crippen molar-refractivity contribution < 1.29 is 36.0 Å². The normalized spacial score (nSPS) is 8.64. The molecule has 0 bridgehead atoms. The van der Waals surface area contributed by atoms with Gasteiger partial charge in [-0.1, -0.05) is 0 Å². The minimum Gasteiger partial charge on any atom is -0.487 e. The van der Waals surface area contributed by atoms with Gasteiger partial charge in [-0.2, -0.15) is 24.1 Å². The molecule has 0 aliphatic carbocycles. The maximum atomic E-state index is 10.8. The van der Waals surface area contributed by atoms with Crippen LogP contribution in [0.1, 0.15) is 20.7 Å². The second-order valence-electron chi connectivity index (χ2n) is 2.22. The zero-order valence-corrected chi connectivity index (χ0v) is 7.79. The summed E-state index contributed by atoms with van der Waals surface area (Å²) in [6.07, 6.45) is 0. The SMILES string of the molecule is NOC(=O)c1c[c-]cc(C(=O)O)c1.[Ni]. The molecule has 5 nitrogen and oxygen atoms in total. The molecule has 0 atom stereocenters. The topological polar surface area (TPSA) is 89.6 Å². The van der Waals surface area contributed by atoms with Crippen LogP contribution < -0.4 is 5.90 Å². The summed E-state index contributed by atoms with van der Waals surface area (Å²) >= 11 is 0. The Kier molecular flexibility index (Phi) is 4.83. The van der Waals surface area contributed by atoms with Crippen LogP contribution in [0.3, 0.4) is 0 Å². The summed E-state index contributed by atoms with van der Waals surface area (Å²) in [5.74, 6) is 2.69. The van der Waals surface area contributed by atoms with Gasteiger partial charge in [-0.05, 0) is 11.1 Å². The molecule has 0 unspecified atom stereocenters. The van der Waals surface area contributed by atoms with Crippen LogP contribution in [-0.4, -0.2) is 17.0 Å². The van der Waals surface area contributed by atoms with Crippen LogP contribution in [0, 0.1) is 6.07 Å². The summed E-state index contributed by atoms with van der Waals surface area (Å²) < 4.78 is 0. The number of benzene rings is 1. The van der Waals surface area contributed by atoms with Crippen molar-refractivity contribution in [3.63, 3.8) is 0 Å². The molecule has 0 aliphatic heterocycles. The minimum absolute atomic E-state index is 0. The molecule has 0 amide bonds. The third kappa shape index (κ3) is 2.83. The number of aromatic carboxylic acids is 1. The summed E-state index contributed by atoms with van der Waals surface area (Å²) in [6.45, 7) is 0. The average Bonchev–Trinajstić information content (AvgIpc) is 2.17. The van der Waals surface area contributed by atoms with Crippen LogP contribution in [0.5, 0.6) is 0 Å². The van der Waals surface area contributed by atoms with Crippen molar-refractivity contribution in [2.24, 2.45) is 5.90 Å². The summed E-state index contributed by atoms with van der Waals surface area (Å²) in [5.41, 5.74) is 0.0188. The summed E-state index contributed by atoms with van der Waals surface area (Å²) in [5, 5.41) is 8.56. The molecule has 0 saturated carbocycles. The van der Waals surface area contributed by atoms with E-state index in [1.54, 1.807) is 0 Å². The van der Waals surface area contributed by atoms with Crippen molar-refractivity contribution in [2.75, 3.05) is 0 Å². The van der Waals surface area contributed by atoms with Gasteiger partial charge in [0.15, 0.2) is 0 Å². The third-order valence-corrected chi connectivity index (χ3v) is 1.38. The smallest absolute Gasteiger partial charge is 0.301 e. The molecular weight excluding hydrogens is 233 g/mol. The van der Waals surface area contributed by atoms with E-state index in [2.05, 4.69) is 16.8 Å². The van der Waals surface area contributed by atoms with E-state index in [9.17, 15) is 9.59 Å². The fourth-order valence-corrected chi connectivity index (χ4v) is 0.781. The van der Waals surface area contributed by atoms with Gasteiger partial charge in [0.2, 0.25) is 0 Å². The van der Waals surface area contributed by atoms with E-state index in [1.165, 1.54) is 12.1 Å². The van der Waals surface area contributed by atoms with Gasteiger partial charge in [-0.15, -0.1) is 6.07 Å². The van der Waals surface area contributed by atoms with Gasteiger partial charge in [-0.3, -0.25) is 9.59 Å². The molecule has 0 aliphatic rings. The van der Waals surface area contributed by atoms with Gasteiger partial charge < -0.3 is 9.94 Å². The molecule has 78 valence electrons. The third-order valence-electron chi connectivity index (χ3n) is 1.38. The Balaban J connectivity index is 0.00000169. The molecule has 1 aromatic rings. The number of hydrogen-bond donors (Lipinski definition) is 2. The largest absolute Gasteiger partial charge is 0.487 e. The summed E-state index contributed by atoms with van der Waals surface area (Å²) in [6, 6.07) is 6.19. The van der Waals surface area contributed by atoms with Gasteiger partial charge in [0.05, 0.1) is 0 Å². The number of hydrogen-bond acceptors (Lipinski definition) is 4. The van der Waals surface area contributed by atoms with E-state index in [1.807, 2.05) is 0 Å². The predicted molar refractivity (Wildman–Crippen MR) is 41.8 cm³/mol. The van der Waals surface area contributed by atoms with E-state index in [0.717, 1.165) is 6.07 Å². The summed E-state index contributed by atoms with van der Waals surface area (Å²) in [4.78, 5) is 25.2. The van der Waals surface area contributed by atoms with E-state index >= 15 is 0 Å². The molecule has 0 fully saturated rings. The van der Waals surface area contributed by atoms with E-state index in [0.29, 0.717) is 0 Å². The molecule has 3 N–H and O–H groups in total. The molecular formula is C8H6NNiO4-. The number of rotatable bonds is 2. The zero-order chi connectivity index (χ0) is 9.84. The van der Waals surface area contributed by atoms with Crippen LogP contribution in [0.4, 0.5) is 0 Å². The van der Waals surface area contributed by atoms with Crippen LogP contribution in [0.2, 0.25) is 0 Å². The van der Waals surface area contributed by atoms with Gasteiger partial charge in [0.25, 0.3) is 5.97 Å². The number of carbonyl (C=O) groups excluding carboxylic acids is 1. The van der Waals surface area contributed by atoms with Crippen LogP contribution >= 0.6 is 0 Å². The number of carbonyl (C=O) groups is 2. The Morgan fingerprint density at radius 2 is 1.93 bits per heavy atom. The molecule has 1 aromatic carbocycles. The van der Waals surface area contributed by atoms with Gasteiger partial charge in [0, 0.05) is 16.5 Å². The molecule has 0 heterocycles. The fraction of sp³-hybridized carbons (Fsp3) is 0. The first-order valence-corrected chi connectivity index (χ1v) is 3.30. The Bertz CT molecular complexity index is 353. The Hall–Kier alpha value is -1.39. The van der Waals surface area contributed by atoms with Crippen LogP contribution in [0.25, 0.3) is 0 Å². The molecule has 1 rings (SSSR count). The Morgan fingerprint density at radius 3 is 2.43 bits per heavy atom. The van der Waals surface area contributed by atoms with Crippen molar-refractivity contribution in [1.82, 2.24) is 0 Å². The maximum Gasteiger partial charge on any atom is 0.301 e. The Labute approximate surface area is 89.7 Å². The first kappa shape index (κ1) is 12.6. The van der Waals surface area contributed by atoms with Crippen LogP contribution in [0.15, 0.2) is 18.2 Å². The van der Waals surface area contributed by atoms with E-state index in [-0.39, 0.29) is 27.6 Å².